The second-order valence-electron chi connectivity index (χ2n) is 4.23. The lowest BCUT2D eigenvalue weighted by Crippen LogP contribution is -2.42. The van der Waals surface area contributed by atoms with Gasteiger partial charge in [0.15, 0.2) is 0 Å². The van der Waals surface area contributed by atoms with Gasteiger partial charge in [0.05, 0.1) is 32.6 Å². The van der Waals surface area contributed by atoms with E-state index in [1.807, 2.05) is 0 Å². The molecule has 1 aliphatic rings. The number of β-amino-alcohol motifs (C(OH)–C–C–N with tert-alkyl or cyclic N) is 1. The molecule has 0 radical (unpaired) electrons. The molecule has 0 spiro atoms. The Bertz CT molecular complexity index is 447. The van der Waals surface area contributed by atoms with E-state index in [9.17, 15) is 9.90 Å². The zero-order valence-corrected chi connectivity index (χ0v) is 10.5. The number of carbonyl (C=O) groups excluding carboxylic acids is 1. The number of aliphatic hydroxyl groups is 1. The van der Waals surface area contributed by atoms with Crippen molar-refractivity contribution in [1.29, 1.82) is 0 Å². The number of piperidine rings is 1. The number of ether oxygens (including phenoxy) is 2. The van der Waals surface area contributed by atoms with Crippen LogP contribution in [0.3, 0.4) is 0 Å². The Balaban J connectivity index is 2.37. The molecule has 98 valence electrons. The van der Waals surface area contributed by atoms with Crippen molar-refractivity contribution < 1.29 is 19.4 Å². The fourth-order valence-corrected chi connectivity index (χ4v) is 2.07. The maximum Gasteiger partial charge on any atom is 0.227 e. The van der Waals surface area contributed by atoms with Gasteiger partial charge in [-0.25, -0.2) is 0 Å². The summed E-state index contributed by atoms with van der Waals surface area (Å²) in [5, 5.41) is 9.68. The van der Waals surface area contributed by atoms with Crippen LogP contribution >= 0.6 is 0 Å². The van der Waals surface area contributed by atoms with Crippen LogP contribution in [0.25, 0.3) is 0 Å². The molecule has 5 heteroatoms. The lowest BCUT2D eigenvalue weighted by molar-refractivity contribution is -0.121. The molecule has 1 amide bonds. The molecule has 0 saturated carbocycles. The van der Waals surface area contributed by atoms with Crippen molar-refractivity contribution in [2.24, 2.45) is 0 Å². The van der Waals surface area contributed by atoms with Crippen molar-refractivity contribution in [3.05, 3.63) is 18.2 Å². The number of nitrogens with zero attached hydrogens (tertiary/aromatic N) is 1. The predicted octanol–water partition coefficient (Wildman–Crippen LogP) is 1.19. The Hall–Kier alpha value is -1.75. The van der Waals surface area contributed by atoms with Gasteiger partial charge in [-0.2, -0.15) is 0 Å². The van der Waals surface area contributed by atoms with Crippen LogP contribution < -0.4 is 14.4 Å². The van der Waals surface area contributed by atoms with Crippen LogP contribution in [0, 0.1) is 0 Å². The van der Waals surface area contributed by atoms with E-state index < -0.39 is 6.10 Å². The van der Waals surface area contributed by atoms with Crippen LogP contribution in [0.15, 0.2) is 18.2 Å². The van der Waals surface area contributed by atoms with Gasteiger partial charge in [0.1, 0.15) is 11.5 Å². The van der Waals surface area contributed by atoms with Crippen molar-refractivity contribution in [3.63, 3.8) is 0 Å². The van der Waals surface area contributed by atoms with Crippen molar-refractivity contribution in [1.82, 2.24) is 0 Å². The Labute approximate surface area is 106 Å². The van der Waals surface area contributed by atoms with Crippen LogP contribution in [0.4, 0.5) is 5.69 Å². The highest BCUT2D eigenvalue weighted by molar-refractivity contribution is 5.96. The fraction of sp³-hybridized carbons (Fsp3) is 0.462. The smallest absolute Gasteiger partial charge is 0.227 e. The number of amides is 1. The molecular formula is C13H17NO4. The monoisotopic (exact) mass is 251 g/mol. The van der Waals surface area contributed by atoms with Crippen LogP contribution in [0.2, 0.25) is 0 Å². The Morgan fingerprint density at radius 3 is 2.78 bits per heavy atom. The van der Waals surface area contributed by atoms with E-state index >= 15 is 0 Å². The first kappa shape index (κ1) is 12.7. The minimum atomic E-state index is -0.487. The number of methoxy groups -OCH3 is 2. The summed E-state index contributed by atoms with van der Waals surface area (Å²) < 4.78 is 10.4. The summed E-state index contributed by atoms with van der Waals surface area (Å²) in [6.07, 6.45) is 0.377. The van der Waals surface area contributed by atoms with Crippen LogP contribution in [0.5, 0.6) is 11.5 Å². The van der Waals surface area contributed by atoms with Gasteiger partial charge in [-0.1, -0.05) is 0 Å². The maximum absolute atomic E-state index is 11.9. The average molecular weight is 251 g/mol. The quantitative estimate of drug-likeness (QED) is 0.876. The van der Waals surface area contributed by atoms with Gasteiger partial charge in [0.2, 0.25) is 5.91 Å². The third kappa shape index (κ3) is 2.41. The van der Waals surface area contributed by atoms with E-state index in [0.29, 0.717) is 36.6 Å². The fourth-order valence-electron chi connectivity index (χ4n) is 2.07. The highest BCUT2D eigenvalue weighted by Crippen LogP contribution is 2.34. The molecule has 1 unspecified atom stereocenters. The number of rotatable bonds is 3. The molecule has 2 rings (SSSR count). The number of hydrogen-bond acceptors (Lipinski definition) is 4. The van der Waals surface area contributed by atoms with Gasteiger partial charge >= 0.3 is 0 Å². The van der Waals surface area contributed by atoms with Crippen LogP contribution in [0.1, 0.15) is 12.8 Å². The first-order valence-corrected chi connectivity index (χ1v) is 5.86. The van der Waals surface area contributed by atoms with Crippen molar-refractivity contribution in [2.75, 3.05) is 25.7 Å². The molecule has 1 heterocycles. The summed E-state index contributed by atoms with van der Waals surface area (Å²) in [4.78, 5) is 13.5. The number of anilines is 1. The third-order valence-electron chi connectivity index (χ3n) is 3.06. The molecule has 0 bridgehead atoms. The number of hydrogen-bond donors (Lipinski definition) is 1. The molecule has 1 aromatic carbocycles. The largest absolute Gasteiger partial charge is 0.497 e. The van der Waals surface area contributed by atoms with E-state index in [-0.39, 0.29) is 5.91 Å². The molecule has 1 aliphatic heterocycles. The Morgan fingerprint density at radius 2 is 2.11 bits per heavy atom. The van der Waals surface area contributed by atoms with E-state index in [0.717, 1.165) is 0 Å². The van der Waals surface area contributed by atoms with Crippen molar-refractivity contribution in [3.8, 4) is 11.5 Å². The molecule has 1 fully saturated rings. The minimum absolute atomic E-state index is 0.00754. The summed E-state index contributed by atoms with van der Waals surface area (Å²) in [6, 6.07) is 5.27. The van der Waals surface area contributed by atoms with Crippen LogP contribution in [-0.4, -0.2) is 37.9 Å². The van der Waals surface area contributed by atoms with E-state index in [1.165, 1.54) is 0 Å². The molecule has 5 nitrogen and oxygen atoms in total. The van der Waals surface area contributed by atoms with Gasteiger partial charge in [0, 0.05) is 12.5 Å². The topological polar surface area (TPSA) is 59.0 Å². The zero-order valence-electron chi connectivity index (χ0n) is 10.5. The summed E-state index contributed by atoms with van der Waals surface area (Å²) in [5.74, 6) is 1.24. The summed E-state index contributed by atoms with van der Waals surface area (Å²) in [6.45, 7) is 0.294. The molecule has 1 aromatic rings. The molecule has 1 saturated heterocycles. The maximum atomic E-state index is 11.9. The first-order chi connectivity index (χ1) is 8.65. The number of carbonyl (C=O) groups is 1. The predicted molar refractivity (Wildman–Crippen MR) is 67.1 cm³/mol. The number of benzene rings is 1. The highest BCUT2D eigenvalue weighted by atomic mass is 16.5. The molecule has 0 aliphatic carbocycles. The summed E-state index contributed by atoms with van der Waals surface area (Å²) in [5.41, 5.74) is 0.639. The van der Waals surface area contributed by atoms with Crippen molar-refractivity contribution >= 4 is 11.6 Å². The third-order valence-corrected chi connectivity index (χ3v) is 3.06. The minimum Gasteiger partial charge on any atom is -0.497 e. The SMILES string of the molecule is COc1ccc(OC)c(N2CC(O)CCC2=O)c1. The highest BCUT2D eigenvalue weighted by Gasteiger charge is 2.27. The second kappa shape index (κ2) is 5.27. The van der Waals surface area contributed by atoms with E-state index in [1.54, 1.807) is 37.3 Å². The lowest BCUT2D eigenvalue weighted by atomic mass is 10.1. The normalized spacial score (nSPS) is 19.8. The van der Waals surface area contributed by atoms with E-state index in [4.69, 9.17) is 9.47 Å². The van der Waals surface area contributed by atoms with Gasteiger partial charge in [-0.05, 0) is 18.6 Å². The molecular weight excluding hydrogens is 234 g/mol. The molecule has 18 heavy (non-hydrogen) atoms. The van der Waals surface area contributed by atoms with Gasteiger partial charge < -0.3 is 19.5 Å². The molecule has 1 N–H and O–H groups in total. The first-order valence-electron chi connectivity index (χ1n) is 5.86. The Kier molecular flexibility index (Phi) is 3.72. The summed E-state index contributed by atoms with van der Waals surface area (Å²) in [7, 11) is 3.12. The Morgan fingerprint density at radius 1 is 1.33 bits per heavy atom. The molecule has 0 aromatic heterocycles. The van der Waals surface area contributed by atoms with Gasteiger partial charge in [-0.15, -0.1) is 0 Å². The van der Waals surface area contributed by atoms with E-state index in [2.05, 4.69) is 0 Å². The van der Waals surface area contributed by atoms with Crippen LogP contribution in [-0.2, 0) is 4.79 Å². The van der Waals surface area contributed by atoms with Gasteiger partial charge in [0.25, 0.3) is 0 Å². The second-order valence-corrected chi connectivity index (χ2v) is 4.23. The molecule has 1 atom stereocenters. The van der Waals surface area contributed by atoms with Gasteiger partial charge in [-0.3, -0.25) is 4.79 Å². The summed E-state index contributed by atoms with van der Waals surface area (Å²) >= 11 is 0. The van der Waals surface area contributed by atoms with Crippen molar-refractivity contribution in [2.45, 2.75) is 18.9 Å². The number of aliphatic hydroxyl groups excluding tert-OH is 1. The standard InChI is InChI=1S/C13H17NO4/c1-17-10-4-5-12(18-2)11(7-10)14-8-9(15)3-6-13(14)16/h4-5,7,9,15H,3,6,8H2,1-2H3. The average Bonchev–Trinajstić information content (AvgIpc) is 2.40. The zero-order chi connectivity index (χ0) is 13.1. The lowest BCUT2D eigenvalue weighted by Gasteiger charge is -2.31.